The minimum atomic E-state index is -0.0377. The van der Waals surface area contributed by atoms with Crippen LogP contribution in [0.2, 0.25) is 0 Å². The molecule has 1 aromatic carbocycles. The molecule has 0 unspecified atom stereocenters. The molecule has 0 heterocycles. The molecule has 1 rings (SSSR count). The fourth-order valence-electron chi connectivity index (χ4n) is 1.49. The molecular weight excluding hydrogens is 222 g/mol. The molecule has 0 saturated heterocycles. The molecule has 0 radical (unpaired) electrons. The van der Waals surface area contributed by atoms with Gasteiger partial charge in [-0.25, -0.2) is 0 Å². The van der Waals surface area contributed by atoms with Gasteiger partial charge in [0.25, 0.3) is 5.91 Å². The Labute approximate surface area is 101 Å². The van der Waals surface area contributed by atoms with Gasteiger partial charge in [-0.15, -0.1) is 12.6 Å². The lowest BCUT2D eigenvalue weighted by Crippen LogP contribution is -2.34. The molecule has 0 fully saturated rings. The molecule has 0 aromatic heterocycles. The average Bonchev–Trinajstić information content (AvgIpc) is 2.29. The van der Waals surface area contributed by atoms with E-state index in [4.69, 9.17) is 5.11 Å². The van der Waals surface area contributed by atoms with Gasteiger partial charge in [0.2, 0.25) is 0 Å². The SMILES string of the molecule is CCCN(CCO)C(=O)c1ccc(S)cc1. The highest BCUT2D eigenvalue weighted by Crippen LogP contribution is 2.10. The number of nitrogens with zero attached hydrogens (tertiary/aromatic N) is 1. The van der Waals surface area contributed by atoms with E-state index >= 15 is 0 Å². The lowest BCUT2D eigenvalue weighted by molar-refractivity contribution is 0.0722. The minimum absolute atomic E-state index is 0.00358. The van der Waals surface area contributed by atoms with E-state index in [1.165, 1.54) is 0 Å². The maximum Gasteiger partial charge on any atom is 0.253 e. The van der Waals surface area contributed by atoms with Crippen LogP contribution in [-0.4, -0.2) is 35.6 Å². The van der Waals surface area contributed by atoms with Gasteiger partial charge in [0.15, 0.2) is 0 Å². The maximum absolute atomic E-state index is 12.0. The summed E-state index contributed by atoms with van der Waals surface area (Å²) < 4.78 is 0. The van der Waals surface area contributed by atoms with E-state index in [2.05, 4.69) is 12.6 Å². The number of carbonyl (C=O) groups is 1. The van der Waals surface area contributed by atoms with Crippen molar-refractivity contribution >= 4 is 18.5 Å². The van der Waals surface area contributed by atoms with Gasteiger partial charge in [0, 0.05) is 23.5 Å². The van der Waals surface area contributed by atoms with Crippen molar-refractivity contribution < 1.29 is 9.90 Å². The van der Waals surface area contributed by atoms with Crippen molar-refractivity contribution in [1.82, 2.24) is 4.90 Å². The fraction of sp³-hybridized carbons (Fsp3) is 0.417. The molecule has 1 aromatic rings. The van der Waals surface area contributed by atoms with Crippen molar-refractivity contribution in [3.8, 4) is 0 Å². The summed E-state index contributed by atoms with van der Waals surface area (Å²) in [6, 6.07) is 7.09. The van der Waals surface area contributed by atoms with E-state index in [9.17, 15) is 4.79 Å². The molecule has 0 aliphatic carbocycles. The second-order valence-corrected chi connectivity index (χ2v) is 4.08. The summed E-state index contributed by atoms with van der Waals surface area (Å²) in [5.41, 5.74) is 0.639. The predicted molar refractivity (Wildman–Crippen MR) is 67.0 cm³/mol. The number of aliphatic hydroxyl groups excluding tert-OH is 1. The van der Waals surface area contributed by atoms with Crippen LogP contribution in [-0.2, 0) is 0 Å². The smallest absolute Gasteiger partial charge is 0.253 e. The first-order valence-electron chi connectivity index (χ1n) is 5.38. The molecule has 0 aliphatic heterocycles. The number of aliphatic hydroxyl groups is 1. The van der Waals surface area contributed by atoms with Gasteiger partial charge < -0.3 is 10.0 Å². The van der Waals surface area contributed by atoms with Crippen molar-refractivity contribution in [1.29, 1.82) is 0 Å². The van der Waals surface area contributed by atoms with Crippen LogP contribution < -0.4 is 0 Å². The highest BCUT2D eigenvalue weighted by Gasteiger charge is 2.13. The molecule has 0 atom stereocenters. The van der Waals surface area contributed by atoms with Gasteiger partial charge in [0.05, 0.1) is 6.61 Å². The van der Waals surface area contributed by atoms with Crippen LogP contribution in [0.3, 0.4) is 0 Å². The lowest BCUT2D eigenvalue weighted by atomic mass is 10.2. The third-order valence-electron chi connectivity index (χ3n) is 2.26. The van der Waals surface area contributed by atoms with E-state index in [0.717, 1.165) is 11.3 Å². The van der Waals surface area contributed by atoms with Crippen LogP contribution in [0, 0.1) is 0 Å². The summed E-state index contributed by atoms with van der Waals surface area (Å²) >= 11 is 4.17. The molecule has 4 heteroatoms. The van der Waals surface area contributed by atoms with Gasteiger partial charge in [0.1, 0.15) is 0 Å². The summed E-state index contributed by atoms with van der Waals surface area (Å²) in [5.74, 6) is -0.0377. The third kappa shape index (κ3) is 3.54. The topological polar surface area (TPSA) is 40.5 Å². The summed E-state index contributed by atoms with van der Waals surface area (Å²) in [6.45, 7) is 3.06. The van der Waals surface area contributed by atoms with Crippen LogP contribution in [0.4, 0.5) is 0 Å². The first-order valence-corrected chi connectivity index (χ1v) is 5.83. The van der Waals surface area contributed by atoms with Crippen LogP contribution in [0.25, 0.3) is 0 Å². The monoisotopic (exact) mass is 239 g/mol. The Balaban J connectivity index is 2.77. The molecule has 1 N–H and O–H groups in total. The van der Waals surface area contributed by atoms with Crippen LogP contribution in [0.1, 0.15) is 23.7 Å². The predicted octanol–water partition coefficient (Wildman–Crippen LogP) is 1.82. The zero-order valence-electron chi connectivity index (χ0n) is 9.39. The Morgan fingerprint density at radius 3 is 2.44 bits per heavy atom. The molecule has 0 bridgehead atoms. The number of benzene rings is 1. The zero-order valence-corrected chi connectivity index (χ0v) is 10.3. The number of rotatable bonds is 5. The fourth-order valence-corrected chi connectivity index (χ4v) is 1.64. The maximum atomic E-state index is 12.0. The number of hydrogen-bond acceptors (Lipinski definition) is 3. The van der Waals surface area contributed by atoms with Crippen LogP contribution in [0.5, 0.6) is 0 Å². The molecular formula is C12H17NO2S. The van der Waals surface area contributed by atoms with Crippen molar-refractivity contribution in [2.24, 2.45) is 0 Å². The van der Waals surface area contributed by atoms with Gasteiger partial charge >= 0.3 is 0 Å². The summed E-state index contributed by atoms with van der Waals surface area (Å²) in [5, 5.41) is 8.90. The highest BCUT2D eigenvalue weighted by atomic mass is 32.1. The van der Waals surface area contributed by atoms with Crippen molar-refractivity contribution in [3.05, 3.63) is 29.8 Å². The Bertz CT molecular complexity index is 331. The quantitative estimate of drug-likeness (QED) is 0.770. The molecule has 88 valence electrons. The van der Waals surface area contributed by atoms with Gasteiger partial charge in [-0.1, -0.05) is 6.92 Å². The average molecular weight is 239 g/mol. The molecule has 3 nitrogen and oxygen atoms in total. The molecule has 16 heavy (non-hydrogen) atoms. The minimum Gasteiger partial charge on any atom is -0.395 e. The van der Waals surface area contributed by atoms with Crippen LogP contribution >= 0.6 is 12.6 Å². The van der Waals surface area contributed by atoms with Crippen LogP contribution in [0.15, 0.2) is 29.2 Å². The van der Waals surface area contributed by atoms with Crippen molar-refractivity contribution in [3.63, 3.8) is 0 Å². The summed E-state index contributed by atoms with van der Waals surface area (Å²) in [4.78, 5) is 14.5. The Kier molecular flexibility index (Phi) is 5.35. The second-order valence-electron chi connectivity index (χ2n) is 3.56. The van der Waals surface area contributed by atoms with E-state index < -0.39 is 0 Å². The Hall–Kier alpha value is -1.00. The lowest BCUT2D eigenvalue weighted by Gasteiger charge is -2.21. The van der Waals surface area contributed by atoms with Gasteiger partial charge in [-0.3, -0.25) is 4.79 Å². The first-order chi connectivity index (χ1) is 7.69. The largest absolute Gasteiger partial charge is 0.395 e. The second kappa shape index (κ2) is 6.55. The number of amides is 1. The number of thiol groups is 1. The standard InChI is InChI=1S/C12H17NO2S/c1-2-7-13(8-9-14)12(15)10-3-5-11(16)6-4-10/h3-6,14,16H,2,7-9H2,1H3. The Morgan fingerprint density at radius 2 is 1.94 bits per heavy atom. The van der Waals surface area contributed by atoms with Crippen molar-refractivity contribution in [2.45, 2.75) is 18.2 Å². The van der Waals surface area contributed by atoms with Gasteiger partial charge in [-0.2, -0.15) is 0 Å². The number of carbonyl (C=O) groups excluding carboxylic acids is 1. The summed E-state index contributed by atoms with van der Waals surface area (Å²) in [6.07, 6.45) is 0.885. The van der Waals surface area contributed by atoms with E-state index in [1.54, 1.807) is 29.2 Å². The molecule has 1 amide bonds. The first kappa shape index (κ1) is 13.1. The Morgan fingerprint density at radius 1 is 1.31 bits per heavy atom. The van der Waals surface area contributed by atoms with E-state index in [-0.39, 0.29) is 12.5 Å². The normalized spacial score (nSPS) is 10.2. The van der Waals surface area contributed by atoms with E-state index in [0.29, 0.717) is 18.7 Å². The van der Waals surface area contributed by atoms with E-state index in [1.807, 2.05) is 6.92 Å². The van der Waals surface area contributed by atoms with Crippen molar-refractivity contribution in [2.75, 3.05) is 19.7 Å². The zero-order chi connectivity index (χ0) is 12.0. The summed E-state index contributed by atoms with van der Waals surface area (Å²) in [7, 11) is 0. The highest BCUT2D eigenvalue weighted by molar-refractivity contribution is 7.80. The van der Waals surface area contributed by atoms with Gasteiger partial charge in [-0.05, 0) is 30.7 Å². The molecule has 0 saturated carbocycles. The molecule has 0 aliphatic rings. The molecule has 0 spiro atoms. The third-order valence-corrected chi connectivity index (χ3v) is 2.56. The number of hydrogen-bond donors (Lipinski definition) is 2.